The van der Waals surface area contributed by atoms with Crippen molar-refractivity contribution >= 4 is 0 Å². The molecule has 15 unspecified atom stereocenters. The Bertz CT molecular complexity index is 3540. The van der Waals surface area contributed by atoms with Crippen molar-refractivity contribution in [2.45, 2.75) is 416 Å². The third-order valence-corrected chi connectivity index (χ3v) is 45.2. The second kappa shape index (κ2) is 31.9. The van der Waals surface area contributed by atoms with E-state index in [1.54, 1.807) is 0 Å². The number of hydrogen-bond donors (Lipinski definition) is 18. The maximum absolute atomic E-state index is 11.0. The van der Waals surface area contributed by atoms with Gasteiger partial charge in [0.15, 0.2) is 16.8 Å². The summed E-state index contributed by atoms with van der Waals surface area (Å²) in [6.07, 6.45) is 41.6. The summed E-state index contributed by atoms with van der Waals surface area (Å²) in [6, 6.07) is 0. The van der Waals surface area contributed by atoms with E-state index < -0.39 is 69.7 Å². The zero-order valence-electron chi connectivity index (χ0n) is 75.9. The van der Waals surface area contributed by atoms with Gasteiger partial charge in [0.2, 0.25) is 0 Å². The molecular formula is C103H164O18. The van der Waals surface area contributed by atoms with E-state index in [1.165, 1.54) is 0 Å². The number of aliphatic hydroxyl groups excluding tert-OH is 15. The highest BCUT2D eigenvalue weighted by Gasteiger charge is 2.74. The van der Waals surface area contributed by atoms with E-state index in [9.17, 15) is 91.9 Å². The van der Waals surface area contributed by atoms with E-state index in [4.69, 9.17) is 19.3 Å². The van der Waals surface area contributed by atoms with Crippen LogP contribution in [0.4, 0.5) is 0 Å². The van der Waals surface area contributed by atoms with Gasteiger partial charge < -0.3 is 91.9 Å². The van der Waals surface area contributed by atoms with Crippen LogP contribution in [0.25, 0.3) is 0 Å². The average Bonchev–Trinajstić information content (AvgIpc) is 1.58. The lowest BCUT2D eigenvalue weighted by molar-refractivity contribution is -0.186. The first-order valence-electron chi connectivity index (χ1n) is 49.4. The van der Waals surface area contributed by atoms with Crippen LogP contribution in [0.3, 0.4) is 0 Å². The fourth-order valence-electron chi connectivity index (χ4n) is 37.5. The maximum Gasteiger partial charge on any atom is 0.156 e. The molecule has 684 valence electrons. The quantitative estimate of drug-likeness (QED) is 0.100. The molecule has 0 amide bonds. The van der Waals surface area contributed by atoms with Crippen LogP contribution in [0.5, 0.6) is 0 Å². The van der Waals surface area contributed by atoms with Gasteiger partial charge in [0.05, 0.1) is 91.6 Å². The minimum Gasteiger partial charge on any atom is -0.393 e. The van der Waals surface area contributed by atoms with Crippen molar-refractivity contribution in [3.05, 3.63) is 0 Å². The topological polar surface area (TPSA) is 364 Å². The first kappa shape index (κ1) is 92.2. The van der Waals surface area contributed by atoms with Crippen LogP contribution in [-0.4, -0.2) is 200 Å². The van der Waals surface area contributed by atoms with E-state index in [1.807, 2.05) is 20.8 Å². The minimum atomic E-state index is -1.50. The van der Waals surface area contributed by atoms with Crippen LogP contribution in [-0.2, 0) is 0 Å². The van der Waals surface area contributed by atoms with E-state index in [0.717, 1.165) is 186 Å². The third kappa shape index (κ3) is 13.6. The molecule has 0 bridgehead atoms. The van der Waals surface area contributed by atoms with Crippen molar-refractivity contribution in [3.8, 4) is 37.0 Å². The highest BCUT2D eigenvalue weighted by Crippen LogP contribution is 2.75. The zero-order valence-corrected chi connectivity index (χ0v) is 75.9. The molecular weight excluding hydrogens is 1530 g/mol. The Morgan fingerprint density at radius 2 is 0.413 bits per heavy atom. The third-order valence-electron chi connectivity index (χ3n) is 45.2. The first-order chi connectivity index (χ1) is 56.6. The van der Waals surface area contributed by atoms with E-state index >= 15 is 0 Å². The van der Waals surface area contributed by atoms with Gasteiger partial charge in [-0.05, 0) is 393 Å². The number of aliphatic hydroxyl groups is 18. The second-order valence-corrected chi connectivity index (χ2v) is 49.4. The van der Waals surface area contributed by atoms with Gasteiger partial charge in [0.25, 0.3) is 0 Å². The Hall–Kier alpha value is -2.04. The van der Waals surface area contributed by atoms with Gasteiger partial charge in [0.1, 0.15) is 0 Å². The molecule has 18 N–H and O–H groups in total. The highest BCUT2D eigenvalue weighted by molar-refractivity contribution is 5.31. The molecule has 50 atom stereocenters. The molecule has 20 aliphatic rings. The molecule has 0 heterocycles. The summed E-state index contributed by atoms with van der Waals surface area (Å²) in [7, 11) is 0. The molecule has 0 saturated heterocycles. The molecule has 18 heteroatoms. The molecule has 18 nitrogen and oxygen atoms in total. The predicted molar refractivity (Wildman–Crippen MR) is 462 cm³/mol. The number of rotatable bonds is 0. The van der Waals surface area contributed by atoms with Gasteiger partial charge in [-0.1, -0.05) is 101 Å². The second-order valence-electron chi connectivity index (χ2n) is 49.4. The largest absolute Gasteiger partial charge is 0.393 e. The standard InChI is InChI=1S/3C21H32O4.2C20H34O3/c3*1-4-21(25)17(24)11-15-18-14(6-8-20(15,21)3)19(2)7-5-13(22)9-12(19)10-16(18)23;2*1-11-8-15-17-14(5-7-20(15,3)18(11)23)19(2)6-4-13(21)9-12(19)10-16(17)22/h3*1,12-18,22-25H,5-11H2,2-3H3;2*11-18,21-23H,4-10H2,1-3H3/t12-,13+,14?,15?,16+,17+,18?,19-,20-,21-;12-,13+,14?,15?,16+,17-,18?,19-,20-,21-;12-,13+,14?,15?,16-,17+,18?,19-,20-,21+;11-,12+,13-,14?,15?,16-,17?,18+,19+,20+;11-,12-,13+,14?,15?,16+,17?,18-,19-,20-/m00010/s1. The number of hydrogen-bond acceptors (Lipinski definition) is 18. The monoisotopic (exact) mass is 1690 g/mol. The summed E-state index contributed by atoms with van der Waals surface area (Å²) in [6.45, 7) is 26.8. The van der Waals surface area contributed by atoms with Gasteiger partial charge in [-0.15, -0.1) is 19.3 Å². The normalized spacial score (nSPS) is 61.5. The molecule has 20 aliphatic carbocycles. The summed E-state index contributed by atoms with van der Waals surface area (Å²) >= 11 is 0. The molecule has 0 aromatic rings. The lowest BCUT2D eigenvalue weighted by Gasteiger charge is -2.62. The van der Waals surface area contributed by atoms with Gasteiger partial charge >= 0.3 is 0 Å². The summed E-state index contributed by atoms with van der Waals surface area (Å²) in [5.74, 6) is 14.5. The number of terminal acetylenes is 3. The van der Waals surface area contributed by atoms with Crippen molar-refractivity contribution in [2.24, 2.45) is 184 Å². The Labute approximate surface area is 725 Å². The van der Waals surface area contributed by atoms with Gasteiger partial charge in [0, 0.05) is 16.2 Å². The van der Waals surface area contributed by atoms with Crippen molar-refractivity contribution in [1.82, 2.24) is 0 Å². The van der Waals surface area contributed by atoms with E-state index in [0.29, 0.717) is 133 Å². The van der Waals surface area contributed by atoms with Gasteiger partial charge in [-0.25, -0.2) is 0 Å². The summed E-state index contributed by atoms with van der Waals surface area (Å²) in [4.78, 5) is 0. The Morgan fingerprint density at radius 3 is 0.620 bits per heavy atom. The van der Waals surface area contributed by atoms with Crippen LogP contribution in [0.2, 0.25) is 0 Å². The predicted octanol–water partition coefficient (Wildman–Crippen LogP) is 11.0. The zero-order chi connectivity index (χ0) is 87.7. The molecule has 20 rings (SSSR count). The van der Waals surface area contributed by atoms with E-state index in [-0.39, 0.29) is 128 Å². The minimum absolute atomic E-state index is 0.00105. The molecule has 0 aromatic carbocycles. The molecule has 0 spiro atoms. The molecule has 121 heavy (non-hydrogen) atoms. The maximum atomic E-state index is 11.0. The average molecular weight is 1690 g/mol. The van der Waals surface area contributed by atoms with Crippen molar-refractivity contribution in [3.63, 3.8) is 0 Å². The SMILES string of the molecule is C#C[C@@]1(O)[C@H](O)CC2C3C(CC[C@@]21C)[C@@]1(C)CC[C@@H](O)C[C@H]1C[C@@H]3O.C#C[C@]1(O)[C@@H](O)CC2C3C(CC[C@@]21C)[C@@]1(C)CC[C@@H](O)C[C@H]1C[C@H]3O.C#C[C@]1(O)[C@H](O)CC2C3C(CC[C@@]21C)[C@@]1(C)CC[C@@H](O)C[C@H]1C[C@H]3O.C[C@@H]1CC2C3C(CC[C@]2(C)[C@H]1O)[C@@]1(C)CC[C@@H](O)C[C@H]1C[C@H]3O.C[C@H]1CC2C3C(CC[C@]2(C)[C@H]1O)[C@@]1(C)CC[C@@H](O)C[C@H]1C[C@H]3O. The van der Waals surface area contributed by atoms with Crippen molar-refractivity contribution in [1.29, 1.82) is 0 Å². The van der Waals surface area contributed by atoms with Crippen LogP contribution in [0.15, 0.2) is 0 Å². The fourth-order valence-corrected chi connectivity index (χ4v) is 37.5. The Balaban J connectivity index is 0.000000112. The molecule has 0 radical (unpaired) electrons. The molecule has 20 saturated carbocycles. The van der Waals surface area contributed by atoms with E-state index in [2.05, 4.69) is 80.1 Å². The van der Waals surface area contributed by atoms with Gasteiger partial charge in [-0.2, -0.15) is 0 Å². The van der Waals surface area contributed by atoms with Gasteiger partial charge in [-0.3, -0.25) is 0 Å². The fraction of sp³-hybridized carbons (Fsp3) is 0.942. The summed E-state index contributed by atoms with van der Waals surface area (Å²) in [5.41, 5.74) is -5.16. The van der Waals surface area contributed by atoms with Crippen LogP contribution >= 0.6 is 0 Å². The Morgan fingerprint density at radius 1 is 0.223 bits per heavy atom. The highest BCUT2D eigenvalue weighted by atomic mass is 16.4. The lowest BCUT2D eigenvalue weighted by Crippen LogP contribution is -2.60. The van der Waals surface area contributed by atoms with Crippen molar-refractivity contribution in [2.75, 3.05) is 0 Å². The van der Waals surface area contributed by atoms with Crippen LogP contribution in [0.1, 0.15) is 308 Å². The molecule has 20 fully saturated rings. The molecule has 0 aromatic heterocycles. The first-order valence-corrected chi connectivity index (χ1v) is 49.4. The molecule has 0 aliphatic heterocycles. The number of fused-ring (bicyclic) bond motifs is 25. The smallest absolute Gasteiger partial charge is 0.156 e. The van der Waals surface area contributed by atoms with Crippen molar-refractivity contribution < 1.29 is 91.9 Å². The van der Waals surface area contributed by atoms with Crippen LogP contribution in [0, 0.1) is 221 Å². The summed E-state index contributed by atoms with van der Waals surface area (Å²) < 4.78 is 0. The Kier molecular flexibility index (Phi) is 24.3. The van der Waals surface area contributed by atoms with Crippen LogP contribution < -0.4 is 0 Å². The lowest BCUT2D eigenvalue weighted by atomic mass is 9.43. The summed E-state index contributed by atoms with van der Waals surface area (Å²) in [5, 5.41) is 192.